The molecule has 5 heterocycles. The Morgan fingerprint density at radius 1 is 0.513 bits per heavy atom. The van der Waals surface area contributed by atoms with Crippen molar-refractivity contribution in [1.82, 2.24) is 0 Å². The zero-order valence-corrected chi connectivity index (χ0v) is 48.8. The fourth-order valence-corrected chi connectivity index (χ4v) is 15.3. The molecule has 0 radical (unpaired) electrons. The number of anilines is 7. The molecule has 1 aromatic heterocycles. The highest BCUT2D eigenvalue weighted by atomic mass is 16.5. The van der Waals surface area contributed by atoms with Crippen molar-refractivity contribution < 1.29 is 9.15 Å². The summed E-state index contributed by atoms with van der Waals surface area (Å²) in [5.41, 5.74) is 21.6. The average molecular weight is 1010 g/mol. The van der Waals surface area contributed by atoms with Gasteiger partial charge in [-0.25, -0.2) is 0 Å². The van der Waals surface area contributed by atoms with E-state index in [1.807, 2.05) is 0 Å². The molecule has 4 atom stereocenters. The number of hydrogen-bond acceptors (Lipinski definition) is 5. The van der Waals surface area contributed by atoms with Crippen LogP contribution in [0.1, 0.15) is 190 Å². The van der Waals surface area contributed by atoms with Crippen molar-refractivity contribution in [2.45, 2.75) is 200 Å². The fraction of sp³-hybridized carbons (Fsp3) is 0.457. The smallest absolute Gasteiger partial charge is 0.296 e. The van der Waals surface area contributed by atoms with Crippen LogP contribution in [0.4, 0.5) is 39.8 Å². The van der Waals surface area contributed by atoms with E-state index < -0.39 is 5.60 Å². The number of para-hydroxylation sites is 1. The average Bonchev–Trinajstić information content (AvgIpc) is 4.13. The van der Waals surface area contributed by atoms with Crippen LogP contribution in [0.25, 0.3) is 21.9 Å². The van der Waals surface area contributed by atoms with Crippen LogP contribution >= 0.6 is 0 Å². The van der Waals surface area contributed by atoms with Gasteiger partial charge in [0.1, 0.15) is 11.2 Å². The maximum atomic E-state index is 8.04. The van der Waals surface area contributed by atoms with Gasteiger partial charge in [0, 0.05) is 50.3 Å². The molecule has 6 aromatic carbocycles. The molecule has 0 saturated heterocycles. The van der Waals surface area contributed by atoms with Gasteiger partial charge in [0.15, 0.2) is 5.58 Å². The van der Waals surface area contributed by atoms with Crippen LogP contribution in [0, 0.1) is 5.41 Å². The molecule has 76 heavy (non-hydrogen) atoms. The van der Waals surface area contributed by atoms with E-state index in [0.29, 0.717) is 0 Å². The van der Waals surface area contributed by atoms with Crippen LogP contribution in [0.5, 0.6) is 0 Å². The molecule has 0 bridgehead atoms. The van der Waals surface area contributed by atoms with Gasteiger partial charge in [0.05, 0.1) is 28.0 Å². The Kier molecular flexibility index (Phi) is 10.4. The topological polar surface area (TPSA) is 32.1 Å². The Bertz CT molecular complexity index is 3530. The van der Waals surface area contributed by atoms with E-state index in [0.717, 1.165) is 60.0 Å². The largest absolute Gasteiger partial charge is 0.498 e. The molecule has 4 unspecified atom stereocenters. The molecule has 4 aliphatic heterocycles. The lowest BCUT2D eigenvalue weighted by Gasteiger charge is -2.53. The summed E-state index contributed by atoms with van der Waals surface area (Å²) in [4.78, 5) is 8.16. The number of rotatable bonds is 4. The molecule has 0 amide bonds. The SMILES string of the molecule is CC(C)(C)c1ccc(N(c2ccc(C(C)(C)C)cc2)c2cc3c4c(c2)C2(C)CCCCC2(C)N4c2cc(C(C)(C)C)cc4c2B3C2=C(N4c3cccc4c3oc3ccc(C(C)(C)C)cc34)C3(C)CCCCC3(C)O2)cc1. The lowest BCUT2D eigenvalue weighted by molar-refractivity contribution is -0.0559. The molecule has 13 rings (SSSR count). The predicted octanol–water partition coefficient (Wildman–Crippen LogP) is 18.2. The van der Waals surface area contributed by atoms with Gasteiger partial charge in [0.25, 0.3) is 6.71 Å². The summed E-state index contributed by atoms with van der Waals surface area (Å²) in [5, 5.41) is 2.34. The molecular weight excluding hydrogens is 926 g/mol. The minimum Gasteiger partial charge on any atom is -0.498 e. The molecule has 6 aliphatic rings. The Balaban J connectivity index is 1.14. The summed E-state index contributed by atoms with van der Waals surface area (Å²) in [5.74, 6) is 0. The molecule has 5 nitrogen and oxygen atoms in total. The van der Waals surface area contributed by atoms with Crippen LogP contribution < -0.4 is 25.6 Å². The lowest BCUT2D eigenvalue weighted by Crippen LogP contribution is -2.61. The molecule has 0 N–H and O–H groups in total. The van der Waals surface area contributed by atoms with Gasteiger partial charge in [-0.2, -0.15) is 0 Å². The number of hydrogen-bond donors (Lipinski definition) is 0. The highest BCUT2D eigenvalue weighted by molar-refractivity contribution is 6.95. The summed E-state index contributed by atoms with van der Waals surface area (Å²) in [6, 6.07) is 43.1. The monoisotopic (exact) mass is 1010 g/mol. The summed E-state index contributed by atoms with van der Waals surface area (Å²) in [6.07, 6.45) is 9.09. The van der Waals surface area contributed by atoms with Crippen molar-refractivity contribution in [2.24, 2.45) is 5.41 Å². The van der Waals surface area contributed by atoms with Crippen LogP contribution in [-0.2, 0) is 31.8 Å². The third kappa shape index (κ3) is 6.82. The summed E-state index contributed by atoms with van der Waals surface area (Å²) in [7, 11) is 0. The molecule has 2 saturated carbocycles. The fourth-order valence-electron chi connectivity index (χ4n) is 15.3. The van der Waals surface area contributed by atoms with Gasteiger partial charge >= 0.3 is 0 Å². The van der Waals surface area contributed by atoms with E-state index in [1.165, 1.54) is 103 Å². The first-order valence-electron chi connectivity index (χ1n) is 29.0. The maximum Gasteiger partial charge on any atom is 0.296 e. The van der Waals surface area contributed by atoms with Gasteiger partial charge < -0.3 is 23.9 Å². The van der Waals surface area contributed by atoms with E-state index in [1.54, 1.807) is 0 Å². The van der Waals surface area contributed by atoms with E-state index in [4.69, 9.17) is 9.15 Å². The minimum atomic E-state index is -0.397. The molecule has 2 fully saturated rings. The Labute approximate surface area is 455 Å². The van der Waals surface area contributed by atoms with Gasteiger partial charge in [-0.1, -0.05) is 159 Å². The van der Waals surface area contributed by atoms with Crippen molar-refractivity contribution in [2.75, 3.05) is 14.7 Å². The summed E-state index contributed by atoms with van der Waals surface area (Å²) < 4.78 is 15.3. The predicted molar refractivity (Wildman–Crippen MR) is 323 cm³/mol. The second-order valence-corrected chi connectivity index (χ2v) is 29.3. The van der Waals surface area contributed by atoms with Crippen LogP contribution in [0.3, 0.4) is 0 Å². The molecular formula is C70H82BN3O2. The quantitative estimate of drug-likeness (QED) is 0.164. The number of benzene rings is 6. The number of nitrogens with zero attached hydrogens (tertiary/aromatic N) is 3. The van der Waals surface area contributed by atoms with Crippen molar-refractivity contribution in [3.05, 3.63) is 148 Å². The second kappa shape index (κ2) is 15.9. The highest BCUT2D eigenvalue weighted by Crippen LogP contribution is 2.66. The Morgan fingerprint density at radius 2 is 1.08 bits per heavy atom. The third-order valence-corrected chi connectivity index (χ3v) is 20.4. The molecule has 0 spiro atoms. The normalized spacial score (nSPS) is 24.9. The van der Waals surface area contributed by atoms with Crippen LogP contribution in [-0.4, -0.2) is 17.9 Å². The van der Waals surface area contributed by atoms with Crippen molar-refractivity contribution in [3.63, 3.8) is 0 Å². The molecule has 392 valence electrons. The van der Waals surface area contributed by atoms with Crippen molar-refractivity contribution >= 4 is 79.4 Å². The minimum absolute atomic E-state index is 0.00606. The van der Waals surface area contributed by atoms with E-state index >= 15 is 0 Å². The van der Waals surface area contributed by atoms with E-state index in [-0.39, 0.29) is 44.7 Å². The maximum absolute atomic E-state index is 8.04. The Hall–Kier alpha value is -5.88. The summed E-state index contributed by atoms with van der Waals surface area (Å²) >= 11 is 0. The number of fused-ring (bicyclic) bond motifs is 11. The van der Waals surface area contributed by atoms with Gasteiger partial charge in [0.2, 0.25) is 0 Å². The van der Waals surface area contributed by atoms with Crippen LogP contribution in [0.15, 0.2) is 125 Å². The van der Waals surface area contributed by atoms with Crippen molar-refractivity contribution in [3.8, 4) is 0 Å². The van der Waals surface area contributed by atoms with Gasteiger partial charge in [-0.05, 0) is 173 Å². The van der Waals surface area contributed by atoms with Gasteiger partial charge in [-0.3, -0.25) is 0 Å². The molecule has 2 aliphatic carbocycles. The zero-order valence-electron chi connectivity index (χ0n) is 48.8. The number of furan rings is 1. The first-order chi connectivity index (χ1) is 35.7. The second-order valence-electron chi connectivity index (χ2n) is 29.3. The van der Waals surface area contributed by atoms with Gasteiger partial charge in [-0.15, -0.1) is 0 Å². The standard InChI is InChI=1S/C70H82BN3O2/c1-63(2,3)43-24-29-47(30-25-43)72(48-31-26-44(27-32-48)64(4,5)6)49-41-52-59-53(42-49)71-58-55(39-46(66(10,11)12)40-56(58)74(59)69(15)36-19-17-34-67(52,69)13)73(61-62(71)76-70(16)37-20-18-35-68(61,70)14)54-23-21-22-50-51-38-45(65(7,8)9)28-33-57(51)75-60(50)54/h21-33,38-42H,17-20,34-37H2,1-16H3. The number of ether oxygens (including phenoxy) is 1. The van der Waals surface area contributed by atoms with E-state index in [2.05, 4.69) is 235 Å². The third-order valence-electron chi connectivity index (χ3n) is 20.4. The lowest BCUT2D eigenvalue weighted by atomic mass is 9.35. The first kappa shape index (κ1) is 49.7. The molecule has 6 heteroatoms. The zero-order chi connectivity index (χ0) is 53.7. The van der Waals surface area contributed by atoms with E-state index in [9.17, 15) is 0 Å². The first-order valence-corrected chi connectivity index (χ1v) is 29.0. The highest BCUT2D eigenvalue weighted by Gasteiger charge is 2.66. The van der Waals surface area contributed by atoms with Crippen LogP contribution in [0.2, 0.25) is 0 Å². The Morgan fingerprint density at radius 3 is 1.70 bits per heavy atom. The van der Waals surface area contributed by atoms with Crippen molar-refractivity contribution in [1.29, 1.82) is 0 Å². The molecule has 7 aromatic rings. The summed E-state index contributed by atoms with van der Waals surface area (Å²) in [6.45, 7) is 38.1.